The molecule has 29 heavy (non-hydrogen) atoms. The van der Waals surface area contributed by atoms with Crippen LogP contribution in [0.25, 0.3) is 0 Å². The molecule has 0 spiro atoms. The van der Waals surface area contributed by atoms with Crippen LogP contribution in [0.15, 0.2) is 39.2 Å². The smallest absolute Gasteiger partial charge is 0.290 e. The number of likely N-dealkylation sites (tertiary alicyclic amines) is 1. The first kappa shape index (κ1) is 20.4. The van der Waals surface area contributed by atoms with Crippen LogP contribution < -0.4 is 0 Å². The molecule has 4 rings (SSSR count). The summed E-state index contributed by atoms with van der Waals surface area (Å²) in [7, 11) is -3.61. The first-order chi connectivity index (χ1) is 13.9. The summed E-state index contributed by atoms with van der Waals surface area (Å²) in [5, 5.41) is 0. The molecule has 2 aromatic heterocycles. The van der Waals surface area contributed by atoms with Crippen molar-refractivity contribution in [3.63, 3.8) is 0 Å². The van der Waals surface area contributed by atoms with Gasteiger partial charge in [0, 0.05) is 32.7 Å². The second-order valence-corrected chi connectivity index (χ2v) is 10.8. The van der Waals surface area contributed by atoms with Gasteiger partial charge in [0.25, 0.3) is 15.9 Å². The lowest BCUT2D eigenvalue weighted by Crippen LogP contribution is -2.55. The minimum Gasteiger partial charge on any atom is -0.459 e. The van der Waals surface area contributed by atoms with Crippen molar-refractivity contribution in [3.8, 4) is 0 Å². The summed E-state index contributed by atoms with van der Waals surface area (Å²) in [5.41, 5.74) is 0. The molecule has 8 nitrogen and oxygen atoms in total. The van der Waals surface area contributed by atoms with Crippen molar-refractivity contribution in [2.45, 2.75) is 23.1 Å². The Morgan fingerprint density at radius 2 is 1.86 bits per heavy atom. The van der Waals surface area contributed by atoms with Crippen LogP contribution in [0.5, 0.6) is 0 Å². The van der Waals surface area contributed by atoms with Crippen molar-refractivity contribution >= 4 is 44.8 Å². The molecule has 2 fully saturated rings. The van der Waals surface area contributed by atoms with Crippen LogP contribution in [0, 0.1) is 0 Å². The van der Waals surface area contributed by atoms with Crippen molar-refractivity contribution < 1.29 is 22.4 Å². The number of furan rings is 1. The number of rotatable bonds is 4. The zero-order chi connectivity index (χ0) is 20.6. The highest BCUT2D eigenvalue weighted by molar-refractivity contribution is 7.91. The molecule has 0 aliphatic carbocycles. The number of hydrogen-bond donors (Lipinski definition) is 0. The summed E-state index contributed by atoms with van der Waals surface area (Å²) < 4.78 is 32.6. The molecule has 2 amide bonds. The molecule has 4 heterocycles. The SMILES string of the molecule is O=C([C@@H]1CCCN1C(=O)c1ccco1)N1CCN(S(=O)(=O)c2ccc(Cl)s2)CC1. The van der Waals surface area contributed by atoms with Gasteiger partial charge in [0.15, 0.2) is 5.76 Å². The molecule has 11 heteroatoms. The fraction of sp³-hybridized carbons (Fsp3) is 0.444. The summed E-state index contributed by atoms with van der Waals surface area (Å²) >= 11 is 6.88. The lowest BCUT2D eigenvalue weighted by molar-refractivity contribution is -0.136. The molecule has 2 aromatic rings. The third-order valence-corrected chi connectivity index (χ3v) is 8.82. The average Bonchev–Trinajstić information content (AvgIpc) is 3.48. The molecule has 2 saturated heterocycles. The maximum Gasteiger partial charge on any atom is 0.290 e. The molecule has 0 N–H and O–H groups in total. The Morgan fingerprint density at radius 1 is 1.10 bits per heavy atom. The van der Waals surface area contributed by atoms with E-state index < -0.39 is 16.1 Å². The van der Waals surface area contributed by atoms with E-state index in [9.17, 15) is 18.0 Å². The number of piperazine rings is 1. The van der Waals surface area contributed by atoms with Crippen LogP contribution >= 0.6 is 22.9 Å². The van der Waals surface area contributed by atoms with Gasteiger partial charge in [0.1, 0.15) is 10.3 Å². The lowest BCUT2D eigenvalue weighted by atomic mass is 10.1. The van der Waals surface area contributed by atoms with Gasteiger partial charge in [-0.2, -0.15) is 4.31 Å². The van der Waals surface area contributed by atoms with Gasteiger partial charge < -0.3 is 14.2 Å². The highest BCUT2D eigenvalue weighted by Crippen LogP contribution is 2.29. The largest absolute Gasteiger partial charge is 0.459 e. The Morgan fingerprint density at radius 3 is 2.48 bits per heavy atom. The summed E-state index contributed by atoms with van der Waals surface area (Å²) in [5.74, 6) is -0.213. The molecule has 1 atom stereocenters. The van der Waals surface area contributed by atoms with Crippen LogP contribution in [0.1, 0.15) is 23.4 Å². The fourth-order valence-corrected chi connectivity index (χ4v) is 6.79. The number of halogens is 1. The Labute approximate surface area is 177 Å². The maximum absolute atomic E-state index is 13.0. The Kier molecular flexibility index (Phi) is 5.69. The maximum atomic E-state index is 13.0. The van der Waals surface area contributed by atoms with Gasteiger partial charge in [0.2, 0.25) is 5.91 Å². The Balaban J connectivity index is 1.40. The van der Waals surface area contributed by atoms with Gasteiger partial charge in [-0.3, -0.25) is 9.59 Å². The molecule has 0 saturated carbocycles. The van der Waals surface area contributed by atoms with Gasteiger partial charge in [-0.15, -0.1) is 11.3 Å². The summed E-state index contributed by atoms with van der Waals surface area (Å²) in [6.45, 7) is 1.50. The van der Waals surface area contributed by atoms with E-state index >= 15 is 0 Å². The van der Waals surface area contributed by atoms with Crippen molar-refractivity contribution in [2.75, 3.05) is 32.7 Å². The minimum atomic E-state index is -3.61. The first-order valence-electron chi connectivity index (χ1n) is 9.26. The van der Waals surface area contributed by atoms with E-state index in [-0.39, 0.29) is 48.0 Å². The number of hydrogen-bond acceptors (Lipinski definition) is 6. The van der Waals surface area contributed by atoms with Crippen LogP contribution in [0.2, 0.25) is 4.34 Å². The Bertz CT molecular complexity index is 997. The van der Waals surface area contributed by atoms with Crippen molar-refractivity contribution in [1.29, 1.82) is 0 Å². The molecule has 2 aliphatic rings. The van der Waals surface area contributed by atoms with E-state index in [4.69, 9.17) is 16.0 Å². The van der Waals surface area contributed by atoms with E-state index in [0.717, 1.165) is 17.8 Å². The number of amides is 2. The third-order valence-electron chi connectivity index (χ3n) is 5.22. The molecule has 156 valence electrons. The minimum absolute atomic E-state index is 0.140. The van der Waals surface area contributed by atoms with E-state index in [1.54, 1.807) is 28.0 Å². The topological polar surface area (TPSA) is 91.1 Å². The number of nitrogens with zero attached hydrogens (tertiary/aromatic N) is 3. The molecule has 2 aliphatic heterocycles. The molecular formula is C18H20ClN3O5S2. The number of sulfonamides is 1. The summed E-state index contributed by atoms with van der Waals surface area (Å²) in [6, 6.07) is 5.75. The molecule has 0 aromatic carbocycles. The zero-order valence-corrected chi connectivity index (χ0v) is 17.9. The highest BCUT2D eigenvalue weighted by Gasteiger charge is 2.39. The number of thiophene rings is 1. The van der Waals surface area contributed by atoms with Crippen molar-refractivity contribution in [3.05, 3.63) is 40.6 Å². The average molecular weight is 458 g/mol. The summed E-state index contributed by atoms with van der Waals surface area (Å²) in [4.78, 5) is 28.8. The van der Waals surface area contributed by atoms with Crippen molar-refractivity contribution in [2.24, 2.45) is 0 Å². The second kappa shape index (κ2) is 8.10. The second-order valence-electron chi connectivity index (χ2n) is 6.92. The fourth-order valence-electron chi connectivity index (χ4n) is 3.73. The predicted molar refractivity (Wildman–Crippen MR) is 107 cm³/mol. The van der Waals surface area contributed by atoms with E-state index in [1.807, 2.05) is 0 Å². The highest BCUT2D eigenvalue weighted by atomic mass is 35.5. The van der Waals surface area contributed by atoms with Gasteiger partial charge in [-0.1, -0.05) is 11.6 Å². The lowest BCUT2D eigenvalue weighted by Gasteiger charge is -2.36. The first-order valence-corrected chi connectivity index (χ1v) is 11.9. The van der Waals surface area contributed by atoms with Crippen LogP contribution in [-0.2, 0) is 14.8 Å². The molecular weight excluding hydrogens is 438 g/mol. The third kappa shape index (κ3) is 3.94. The number of carbonyl (C=O) groups is 2. The van der Waals surface area contributed by atoms with Crippen molar-refractivity contribution in [1.82, 2.24) is 14.1 Å². The molecule has 0 unspecified atom stereocenters. The van der Waals surface area contributed by atoms with E-state index in [0.29, 0.717) is 17.3 Å². The van der Waals surface area contributed by atoms with Gasteiger partial charge in [-0.25, -0.2) is 8.42 Å². The standard InChI is InChI=1S/C18H20ClN3O5S2/c19-15-5-6-16(28-15)29(25,26)21-10-8-20(9-11-21)17(23)13-3-1-7-22(13)18(24)14-4-2-12-27-14/h2,4-6,12-13H,1,3,7-11H2/t13-/m0/s1. The van der Waals surface area contributed by atoms with E-state index in [2.05, 4.69) is 0 Å². The molecule has 0 radical (unpaired) electrons. The van der Waals surface area contributed by atoms with Crippen LogP contribution in [-0.4, -0.2) is 73.1 Å². The Hall–Kier alpha value is -1.88. The zero-order valence-electron chi connectivity index (χ0n) is 15.5. The van der Waals surface area contributed by atoms with Crippen LogP contribution in [0.4, 0.5) is 0 Å². The monoisotopic (exact) mass is 457 g/mol. The van der Waals surface area contributed by atoms with Gasteiger partial charge >= 0.3 is 0 Å². The molecule has 0 bridgehead atoms. The van der Waals surface area contributed by atoms with Gasteiger partial charge in [0.05, 0.1) is 10.6 Å². The quantitative estimate of drug-likeness (QED) is 0.701. The number of carbonyl (C=O) groups excluding carboxylic acids is 2. The van der Waals surface area contributed by atoms with E-state index in [1.165, 1.54) is 16.6 Å². The van der Waals surface area contributed by atoms with Gasteiger partial charge in [-0.05, 0) is 37.1 Å². The normalized spacial score (nSPS) is 20.9. The predicted octanol–water partition coefficient (Wildman–Crippen LogP) is 2.13. The van der Waals surface area contributed by atoms with Crippen LogP contribution in [0.3, 0.4) is 0 Å². The summed E-state index contributed by atoms with van der Waals surface area (Å²) in [6.07, 6.45) is 2.77.